The van der Waals surface area contributed by atoms with Crippen molar-refractivity contribution in [2.24, 2.45) is 0 Å². The van der Waals surface area contributed by atoms with Gasteiger partial charge in [-0.3, -0.25) is 4.79 Å². The number of benzene rings is 3. The molecule has 0 unspecified atom stereocenters. The maximum absolute atomic E-state index is 13.8. The first-order valence-electron chi connectivity index (χ1n) is 12.8. The summed E-state index contributed by atoms with van der Waals surface area (Å²) in [5, 5.41) is 5.79. The lowest BCUT2D eigenvalue weighted by Gasteiger charge is -2.36. The number of hydrogen-bond donors (Lipinski definition) is 2. The van der Waals surface area contributed by atoms with Crippen LogP contribution in [0.4, 0.5) is 26.2 Å². The normalized spacial score (nSPS) is 13.9. The molecule has 4 rings (SSSR count). The zero-order valence-electron chi connectivity index (χ0n) is 22.2. The molecular weight excluding hydrogens is 557 g/mol. The third-order valence-electron chi connectivity index (χ3n) is 6.49. The van der Waals surface area contributed by atoms with E-state index in [2.05, 4.69) is 15.5 Å². The van der Waals surface area contributed by atoms with E-state index in [0.29, 0.717) is 36.9 Å². The lowest BCUT2D eigenvalue weighted by Crippen LogP contribution is -2.50. The molecule has 0 saturated carbocycles. The third-order valence-corrected chi connectivity index (χ3v) is 8.78. The summed E-state index contributed by atoms with van der Waals surface area (Å²) in [6.45, 7) is 5.17. The highest BCUT2D eigenvalue weighted by molar-refractivity contribution is 7.89. The number of amides is 3. The molecule has 1 fully saturated rings. The van der Waals surface area contributed by atoms with E-state index in [9.17, 15) is 22.4 Å². The molecule has 1 heterocycles. The Balaban J connectivity index is 1.31. The number of halogens is 2. The van der Waals surface area contributed by atoms with Crippen molar-refractivity contribution in [3.05, 3.63) is 83.6 Å². The number of urea groups is 1. The Morgan fingerprint density at radius 2 is 1.55 bits per heavy atom. The molecular formula is C28H31ClFN5O4S. The van der Waals surface area contributed by atoms with Gasteiger partial charge in [0.1, 0.15) is 5.82 Å². The van der Waals surface area contributed by atoms with Crippen molar-refractivity contribution in [3.8, 4) is 0 Å². The SMILES string of the molecule is CC(C)N(CC(=O)Nc1ccc(N2CCN(C(=O)Nc3ccccc3F)CC2)cc1)S(=O)(=O)c1ccc(Cl)cc1. The Morgan fingerprint density at radius 1 is 0.925 bits per heavy atom. The van der Waals surface area contributed by atoms with Crippen LogP contribution >= 0.6 is 11.6 Å². The Kier molecular flexibility index (Phi) is 9.28. The number of anilines is 3. The molecule has 1 aliphatic heterocycles. The number of piperazine rings is 1. The van der Waals surface area contributed by atoms with Gasteiger partial charge in [0.15, 0.2) is 0 Å². The van der Waals surface area contributed by atoms with E-state index in [4.69, 9.17) is 11.6 Å². The first kappa shape index (κ1) is 29.3. The second kappa shape index (κ2) is 12.7. The van der Waals surface area contributed by atoms with Crippen LogP contribution < -0.4 is 15.5 Å². The lowest BCUT2D eigenvalue weighted by molar-refractivity contribution is -0.116. The standard InChI is InChI=1S/C28H31ClFN5O4S/c1-20(2)35(40(38,39)24-13-7-21(29)8-14-24)19-27(36)31-22-9-11-23(12-10-22)33-15-17-34(18-16-33)28(37)32-26-6-4-3-5-25(26)30/h3-14,20H,15-19H2,1-2H3,(H,31,36)(H,32,37). The van der Waals surface area contributed by atoms with Crippen LogP contribution in [0.2, 0.25) is 5.02 Å². The molecule has 2 N–H and O–H groups in total. The molecule has 40 heavy (non-hydrogen) atoms. The third kappa shape index (κ3) is 7.09. The van der Waals surface area contributed by atoms with E-state index in [1.54, 1.807) is 43.0 Å². The first-order chi connectivity index (χ1) is 19.0. The summed E-state index contributed by atoms with van der Waals surface area (Å²) in [6.07, 6.45) is 0. The average molecular weight is 588 g/mol. The van der Waals surface area contributed by atoms with Gasteiger partial charge in [0.25, 0.3) is 0 Å². The summed E-state index contributed by atoms with van der Waals surface area (Å²) in [4.78, 5) is 29.1. The number of nitrogens with zero attached hydrogens (tertiary/aromatic N) is 3. The first-order valence-corrected chi connectivity index (χ1v) is 14.6. The van der Waals surface area contributed by atoms with Gasteiger partial charge in [-0.2, -0.15) is 4.31 Å². The molecule has 0 atom stereocenters. The molecule has 3 amide bonds. The van der Waals surface area contributed by atoms with E-state index in [1.165, 1.54) is 36.4 Å². The van der Waals surface area contributed by atoms with Crippen molar-refractivity contribution in [1.82, 2.24) is 9.21 Å². The fraction of sp³-hybridized carbons (Fsp3) is 0.286. The highest BCUT2D eigenvalue weighted by atomic mass is 35.5. The van der Waals surface area contributed by atoms with Crippen molar-refractivity contribution in [3.63, 3.8) is 0 Å². The number of nitrogens with one attached hydrogen (secondary N) is 2. The molecule has 12 heteroatoms. The summed E-state index contributed by atoms with van der Waals surface area (Å²) in [5.41, 5.74) is 1.59. The van der Waals surface area contributed by atoms with Gasteiger partial charge in [-0.25, -0.2) is 17.6 Å². The molecule has 0 radical (unpaired) electrons. The van der Waals surface area contributed by atoms with Crippen LogP contribution in [0.5, 0.6) is 0 Å². The minimum absolute atomic E-state index is 0.0626. The largest absolute Gasteiger partial charge is 0.368 e. The summed E-state index contributed by atoms with van der Waals surface area (Å²) < 4.78 is 41.2. The van der Waals surface area contributed by atoms with Crippen molar-refractivity contribution in [2.75, 3.05) is 48.3 Å². The Labute approximate surface area is 238 Å². The smallest absolute Gasteiger partial charge is 0.322 e. The molecule has 212 valence electrons. The van der Waals surface area contributed by atoms with Crippen molar-refractivity contribution in [1.29, 1.82) is 0 Å². The Morgan fingerprint density at radius 3 is 2.15 bits per heavy atom. The van der Waals surface area contributed by atoms with Crippen LogP contribution in [-0.2, 0) is 14.8 Å². The van der Waals surface area contributed by atoms with Crippen LogP contribution in [0.25, 0.3) is 0 Å². The summed E-state index contributed by atoms with van der Waals surface area (Å²) in [5.74, 6) is -0.949. The van der Waals surface area contributed by atoms with E-state index < -0.39 is 27.8 Å². The highest BCUT2D eigenvalue weighted by Gasteiger charge is 2.29. The van der Waals surface area contributed by atoms with Crippen molar-refractivity contribution < 1.29 is 22.4 Å². The predicted octanol–water partition coefficient (Wildman–Crippen LogP) is 4.87. The maximum Gasteiger partial charge on any atom is 0.322 e. The minimum atomic E-state index is -3.90. The van der Waals surface area contributed by atoms with Gasteiger partial charge in [0, 0.05) is 48.6 Å². The predicted molar refractivity (Wildman–Crippen MR) is 155 cm³/mol. The second-order valence-electron chi connectivity index (χ2n) is 9.58. The highest BCUT2D eigenvalue weighted by Crippen LogP contribution is 2.23. The van der Waals surface area contributed by atoms with Gasteiger partial charge in [0.2, 0.25) is 15.9 Å². The molecule has 0 spiro atoms. The van der Waals surface area contributed by atoms with E-state index in [0.717, 1.165) is 9.99 Å². The van der Waals surface area contributed by atoms with E-state index >= 15 is 0 Å². The number of para-hydroxylation sites is 1. The monoisotopic (exact) mass is 587 g/mol. The fourth-order valence-electron chi connectivity index (χ4n) is 4.31. The van der Waals surface area contributed by atoms with Gasteiger partial charge in [-0.1, -0.05) is 23.7 Å². The fourth-order valence-corrected chi connectivity index (χ4v) is 6.03. The van der Waals surface area contributed by atoms with Crippen LogP contribution in [0.3, 0.4) is 0 Å². The van der Waals surface area contributed by atoms with Gasteiger partial charge < -0.3 is 20.4 Å². The van der Waals surface area contributed by atoms with Crippen LogP contribution in [-0.4, -0.2) is 68.3 Å². The Bertz CT molecular complexity index is 1440. The lowest BCUT2D eigenvalue weighted by atomic mass is 10.2. The van der Waals surface area contributed by atoms with Crippen LogP contribution in [0.15, 0.2) is 77.7 Å². The molecule has 3 aromatic rings. The van der Waals surface area contributed by atoms with Crippen LogP contribution in [0, 0.1) is 5.82 Å². The number of carbonyl (C=O) groups excluding carboxylic acids is 2. The quantitative estimate of drug-likeness (QED) is 0.391. The Hall–Kier alpha value is -3.67. The van der Waals surface area contributed by atoms with Gasteiger partial charge in [-0.05, 0) is 74.5 Å². The second-order valence-corrected chi connectivity index (χ2v) is 11.9. The summed E-state index contributed by atoms with van der Waals surface area (Å²) in [6, 6.07) is 18.3. The zero-order chi connectivity index (χ0) is 28.9. The van der Waals surface area contributed by atoms with Crippen molar-refractivity contribution in [2.45, 2.75) is 24.8 Å². The number of hydrogen-bond acceptors (Lipinski definition) is 5. The molecule has 9 nitrogen and oxygen atoms in total. The number of rotatable bonds is 8. The minimum Gasteiger partial charge on any atom is -0.368 e. The van der Waals surface area contributed by atoms with Crippen molar-refractivity contribution >= 4 is 50.6 Å². The van der Waals surface area contributed by atoms with Gasteiger partial charge >= 0.3 is 6.03 Å². The zero-order valence-corrected chi connectivity index (χ0v) is 23.8. The van der Waals surface area contributed by atoms with E-state index in [1.807, 2.05) is 12.1 Å². The molecule has 1 saturated heterocycles. The van der Waals surface area contributed by atoms with E-state index in [-0.39, 0.29) is 23.2 Å². The molecule has 3 aromatic carbocycles. The van der Waals surface area contributed by atoms with Crippen LogP contribution in [0.1, 0.15) is 13.8 Å². The van der Waals surface area contributed by atoms with Gasteiger partial charge in [0.05, 0.1) is 17.1 Å². The number of sulfonamides is 1. The molecule has 0 bridgehead atoms. The average Bonchev–Trinajstić information content (AvgIpc) is 2.93. The topological polar surface area (TPSA) is 102 Å². The summed E-state index contributed by atoms with van der Waals surface area (Å²) >= 11 is 5.88. The molecule has 0 aliphatic carbocycles. The van der Waals surface area contributed by atoms with Gasteiger partial charge in [-0.15, -0.1) is 0 Å². The molecule has 0 aromatic heterocycles. The molecule has 1 aliphatic rings. The maximum atomic E-state index is 13.8. The summed E-state index contributed by atoms with van der Waals surface area (Å²) in [7, 11) is -3.90. The number of carbonyl (C=O) groups is 2.